The van der Waals surface area contributed by atoms with Gasteiger partial charge in [0.2, 0.25) is 15.9 Å². The van der Waals surface area contributed by atoms with Crippen LogP contribution in [0.2, 0.25) is 10.0 Å². The molecular weight excluding hydrogens is 467 g/mol. The van der Waals surface area contributed by atoms with Crippen molar-refractivity contribution in [3.8, 4) is 0 Å². The molecule has 3 rings (SSSR count). The van der Waals surface area contributed by atoms with E-state index in [4.69, 9.17) is 23.2 Å². The van der Waals surface area contributed by atoms with Crippen LogP contribution in [0.1, 0.15) is 18.1 Å². The summed E-state index contributed by atoms with van der Waals surface area (Å²) < 4.78 is 26.5. The van der Waals surface area contributed by atoms with Gasteiger partial charge in [-0.15, -0.1) is 0 Å². The minimum atomic E-state index is -3.84. The van der Waals surface area contributed by atoms with Crippen LogP contribution in [0.4, 0.5) is 5.69 Å². The first-order valence-corrected chi connectivity index (χ1v) is 12.6. The van der Waals surface area contributed by atoms with Crippen molar-refractivity contribution in [2.24, 2.45) is 0 Å². The third-order valence-corrected chi connectivity index (χ3v) is 6.74. The van der Waals surface area contributed by atoms with Gasteiger partial charge in [-0.05, 0) is 36.2 Å². The van der Waals surface area contributed by atoms with Crippen LogP contribution in [-0.4, -0.2) is 31.5 Å². The summed E-state index contributed by atoms with van der Waals surface area (Å²) in [6.07, 6.45) is 1.05. The highest BCUT2D eigenvalue weighted by atomic mass is 35.5. The Morgan fingerprint density at radius 1 is 0.875 bits per heavy atom. The van der Waals surface area contributed by atoms with Gasteiger partial charge in [0.25, 0.3) is 0 Å². The van der Waals surface area contributed by atoms with Crippen molar-refractivity contribution in [1.29, 1.82) is 0 Å². The molecule has 0 saturated carbocycles. The summed E-state index contributed by atoms with van der Waals surface area (Å²) in [6, 6.07) is 22.6. The van der Waals surface area contributed by atoms with Gasteiger partial charge in [-0.3, -0.25) is 9.10 Å². The molecular formula is C24H24Cl2N2O3S. The van der Waals surface area contributed by atoms with E-state index in [2.05, 4.69) is 0 Å². The highest BCUT2D eigenvalue weighted by Crippen LogP contribution is 2.32. The van der Waals surface area contributed by atoms with Crippen LogP contribution in [0, 0.1) is 0 Å². The van der Waals surface area contributed by atoms with Gasteiger partial charge in [0, 0.05) is 18.1 Å². The Morgan fingerprint density at radius 2 is 1.38 bits per heavy atom. The second-order valence-electron chi connectivity index (χ2n) is 7.50. The van der Waals surface area contributed by atoms with Crippen molar-refractivity contribution < 1.29 is 13.2 Å². The molecule has 32 heavy (non-hydrogen) atoms. The molecule has 1 atom stereocenters. The highest BCUT2D eigenvalue weighted by molar-refractivity contribution is 7.92. The number of halogens is 2. The van der Waals surface area contributed by atoms with Crippen molar-refractivity contribution in [2.45, 2.75) is 26.1 Å². The lowest BCUT2D eigenvalue weighted by molar-refractivity contribution is -0.133. The van der Waals surface area contributed by atoms with Crippen LogP contribution < -0.4 is 4.31 Å². The molecule has 5 nitrogen and oxygen atoms in total. The number of hydrogen-bond donors (Lipinski definition) is 0. The average Bonchev–Trinajstić information content (AvgIpc) is 2.76. The number of nitrogens with zero attached hydrogens (tertiary/aromatic N) is 2. The lowest BCUT2D eigenvalue weighted by Crippen LogP contribution is -2.49. The summed E-state index contributed by atoms with van der Waals surface area (Å²) in [5.74, 6) is -0.348. The van der Waals surface area contributed by atoms with E-state index in [0.29, 0.717) is 18.1 Å². The lowest BCUT2D eigenvalue weighted by Gasteiger charge is -2.33. The maximum absolute atomic E-state index is 13.7. The molecule has 0 saturated heterocycles. The van der Waals surface area contributed by atoms with Crippen molar-refractivity contribution in [2.75, 3.05) is 10.6 Å². The first kappa shape index (κ1) is 24.1. The highest BCUT2D eigenvalue weighted by Gasteiger charge is 2.33. The Kier molecular flexibility index (Phi) is 7.82. The molecule has 3 aromatic carbocycles. The molecule has 0 radical (unpaired) electrons. The predicted molar refractivity (Wildman–Crippen MR) is 130 cm³/mol. The van der Waals surface area contributed by atoms with E-state index in [0.717, 1.165) is 21.7 Å². The standard InChI is InChI=1S/C24H24Cl2N2O3S/c1-18(28(32(2,30)31)23-15-21(25)13-14-22(23)26)24(29)27(16-19-9-5-3-6-10-19)17-20-11-7-4-8-12-20/h3-15,18H,16-17H2,1-2H3/t18-/m0/s1. The van der Waals surface area contributed by atoms with Gasteiger partial charge in [-0.1, -0.05) is 83.9 Å². The fourth-order valence-electron chi connectivity index (χ4n) is 3.51. The predicted octanol–water partition coefficient (Wildman–Crippen LogP) is 5.38. The molecule has 0 aliphatic heterocycles. The smallest absolute Gasteiger partial charge is 0.246 e. The van der Waals surface area contributed by atoms with E-state index >= 15 is 0 Å². The van der Waals surface area contributed by atoms with Gasteiger partial charge < -0.3 is 4.90 Å². The number of amides is 1. The zero-order valence-corrected chi connectivity index (χ0v) is 20.1. The quantitative estimate of drug-likeness (QED) is 0.425. The van der Waals surface area contributed by atoms with Gasteiger partial charge in [-0.25, -0.2) is 8.42 Å². The monoisotopic (exact) mass is 490 g/mol. The van der Waals surface area contributed by atoms with E-state index in [1.165, 1.54) is 12.1 Å². The van der Waals surface area contributed by atoms with Crippen molar-refractivity contribution in [3.05, 3.63) is 100 Å². The van der Waals surface area contributed by atoms with E-state index in [9.17, 15) is 13.2 Å². The zero-order valence-electron chi connectivity index (χ0n) is 17.8. The maximum atomic E-state index is 13.7. The second kappa shape index (κ2) is 10.4. The summed E-state index contributed by atoms with van der Waals surface area (Å²) in [4.78, 5) is 15.3. The van der Waals surface area contributed by atoms with Crippen LogP contribution in [0.5, 0.6) is 0 Å². The maximum Gasteiger partial charge on any atom is 0.246 e. The normalized spacial score (nSPS) is 12.2. The molecule has 0 unspecified atom stereocenters. The second-order valence-corrected chi connectivity index (χ2v) is 10.2. The fourth-order valence-corrected chi connectivity index (χ4v) is 5.11. The van der Waals surface area contributed by atoms with Gasteiger partial charge in [0.15, 0.2) is 0 Å². The molecule has 8 heteroatoms. The molecule has 0 spiro atoms. The molecule has 0 aliphatic rings. The Labute approximate surface area is 199 Å². The Bertz CT molecular complexity index is 1130. The molecule has 0 bridgehead atoms. The Hall–Kier alpha value is -2.54. The topological polar surface area (TPSA) is 57.7 Å². The van der Waals surface area contributed by atoms with E-state index in [1.54, 1.807) is 17.9 Å². The third-order valence-electron chi connectivity index (χ3n) is 4.96. The number of benzene rings is 3. The first-order chi connectivity index (χ1) is 15.2. The molecule has 0 aliphatic carbocycles. The molecule has 0 aromatic heterocycles. The summed E-state index contributed by atoms with van der Waals surface area (Å²) >= 11 is 12.4. The van der Waals surface area contributed by atoms with Crippen LogP contribution in [0.3, 0.4) is 0 Å². The van der Waals surface area contributed by atoms with Gasteiger partial charge in [0.05, 0.1) is 17.0 Å². The zero-order chi connectivity index (χ0) is 23.3. The molecule has 3 aromatic rings. The van der Waals surface area contributed by atoms with Gasteiger partial charge >= 0.3 is 0 Å². The Balaban J connectivity index is 1.99. The number of anilines is 1. The number of carbonyl (C=O) groups excluding carboxylic acids is 1. The van der Waals surface area contributed by atoms with Gasteiger partial charge in [0.1, 0.15) is 6.04 Å². The molecule has 0 heterocycles. The fraction of sp³-hybridized carbons (Fsp3) is 0.208. The van der Waals surface area contributed by atoms with E-state index in [1.807, 2.05) is 60.7 Å². The third kappa shape index (κ3) is 6.03. The largest absolute Gasteiger partial charge is 0.332 e. The van der Waals surface area contributed by atoms with Crippen LogP contribution in [-0.2, 0) is 27.9 Å². The van der Waals surface area contributed by atoms with Crippen LogP contribution >= 0.6 is 23.2 Å². The summed E-state index contributed by atoms with van der Waals surface area (Å²) in [7, 11) is -3.84. The SMILES string of the molecule is C[C@@H](C(=O)N(Cc1ccccc1)Cc1ccccc1)N(c1cc(Cl)ccc1Cl)S(C)(=O)=O. The number of sulfonamides is 1. The molecule has 168 valence electrons. The van der Waals surface area contributed by atoms with Crippen molar-refractivity contribution >= 4 is 44.8 Å². The summed E-state index contributed by atoms with van der Waals surface area (Å²) in [6.45, 7) is 2.23. The molecule has 0 N–H and O–H groups in total. The minimum Gasteiger partial charge on any atom is -0.332 e. The number of rotatable bonds is 8. The molecule has 0 fully saturated rings. The molecule has 1 amide bonds. The summed E-state index contributed by atoms with van der Waals surface area (Å²) in [5.41, 5.74) is 2.05. The van der Waals surface area contributed by atoms with Crippen molar-refractivity contribution in [3.63, 3.8) is 0 Å². The van der Waals surface area contributed by atoms with Crippen molar-refractivity contribution in [1.82, 2.24) is 4.90 Å². The number of hydrogen-bond acceptors (Lipinski definition) is 3. The average molecular weight is 491 g/mol. The minimum absolute atomic E-state index is 0.168. The van der Waals surface area contributed by atoms with Gasteiger partial charge in [-0.2, -0.15) is 0 Å². The Morgan fingerprint density at radius 3 is 1.84 bits per heavy atom. The van der Waals surface area contributed by atoms with Crippen LogP contribution in [0.25, 0.3) is 0 Å². The van der Waals surface area contributed by atoms with E-state index < -0.39 is 16.1 Å². The first-order valence-electron chi connectivity index (χ1n) is 9.98. The summed E-state index contributed by atoms with van der Waals surface area (Å²) in [5, 5.41) is 0.514. The lowest BCUT2D eigenvalue weighted by atomic mass is 10.1. The van der Waals surface area contributed by atoms with E-state index in [-0.39, 0.29) is 16.6 Å². The number of carbonyl (C=O) groups is 1. The van der Waals surface area contributed by atoms with Crippen LogP contribution in [0.15, 0.2) is 78.9 Å².